The third-order valence-electron chi connectivity index (χ3n) is 5.40. The van der Waals surface area contributed by atoms with Crippen molar-refractivity contribution in [1.29, 1.82) is 0 Å². The minimum absolute atomic E-state index is 0.0410. The summed E-state index contributed by atoms with van der Waals surface area (Å²) >= 11 is 0. The standard InChI is InChI=1S/C23H23F2N5O/c1-13(2)30-14(3)22(31)29(4)20-8-6-16(12-21(20)30)27-23-26-10-9-19(28-23)17-7-5-15(24)11-18(17)25/h5-14H,1-4H3,(H,26,27,28)/t14-/m1/s1. The van der Waals surface area contributed by atoms with Crippen LogP contribution >= 0.6 is 0 Å². The van der Waals surface area contributed by atoms with E-state index in [4.69, 9.17) is 0 Å². The fraction of sp³-hybridized carbons (Fsp3) is 0.261. The minimum atomic E-state index is -0.687. The molecule has 0 saturated heterocycles. The Labute approximate surface area is 179 Å². The van der Waals surface area contributed by atoms with Crippen molar-refractivity contribution in [3.05, 3.63) is 60.3 Å². The minimum Gasteiger partial charge on any atom is -0.356 e. The topological polar surface area (TPSA) is 61.4 Å². The fourth-order valence-electron chi connectivity index (χ4n) is 3.94. The molecule has 0 spiro atoms. The van der Waals surface area contributed by atoms with Crippen molar-refractivity contribution in [1.82, 2.24) is 9.97 Å². The van der Waals surface area contributed by atoms with E-state index in [0.717, 1.165) is 23.1 Å². The number of aromatic nitrogens is 2. The monoisotopic (exact) mass is 423 g/mol. The molecule has 160 valence electrons. The van der Waals surface area contributed by atoms with Gasteiger partial charge in [0.25, 0.3) is 0 Å². The van der Waals surface area contributed by atoms with Crippen molar-refractivity contribution in [2.75, 3.05) is 22.2 Å². The quantitative estimate of drug-likeness (QED) is 0.657. The molecule has 0 aliphatic carbocycles. The molecule has 1 atom stereocenters. The number of carbonyl (C=O) groups excluding carboxylic acids is 1. The average Bonchev–Trinajstić information content (AvgIpc) is 2.72. The Hall–Kier alpha value is -3.55. The van der Waals surface area contributed by atoms with Gasteiger partial charge in [-0.3, -0.25) is 4.79 Å². The SMILES string of the molecule is CC(C)N1c2cc(Nc3nccc(-c4ccc(F)cc4F)n3)ccc2N(C)C(=O)[C@H]1C. The van der Waals surface area contributed by atoms with Crippen LogP contribution in [0.2, 0.25) is 0 Å². The predicted molar refractivity (Wildman–Crippen MR) is 118 cm³/mol. The number of fused-ring (bicyclic) bond motifs is 1. The molecule has 0 radical (unpaired) electrons. The molecule has 1 aromatic heterocycles. The van der Waals surface area contributed by atoms with Gasteiger partial charge in [-0.05, 0) is 57.2 Å². The summed E-state index contributed by atoms with van der Waals surface area (Å²) < 4.78 is 27.4. The highest BCUT2D eigenvalue weighted by atomic mass is 19.1. The molecular weight excluding hydrogens is 400 g/mol. The smallest absolute Gasteiger partial charge is 0.249 e. The zero-order valence-corrected chi connectivity index (χ0v) is 17.7. The van der Waals surface area contributed by atoms with Crippen LogP contribution in [0.15, 0.2) is 48.7 Å². The average molecular weight is 423 g/mol. The molecule has 0 fully saturated rings. The predicted octanol–water partition coefficient (Wildman–Crippen LogP) is 4.75. The molecule has 6 nitrogen and oxygen atoms in total. The van der Waals surface area contributed by atoms with E-state index in [0.29, 0.717) is 5.69 Å². The summed E-state index contributed by atoms with van der Waals surface area (Å²) in [5.74, 6) is -1.01. The first-order valence-corrected chi connectivity index (χ1v) is 10.0. The molecule has 31 heavy (non-hydrogen) atoms. The van der Waals surface area contributed by atoms with Crippen LogP contribution in [-0.4, -0.2) is 35.0 Å². The van der Waals surface area contributed by atoms with Crippen LogP contribution in [0.4, 0.5) is 31.8 Å². The van der Waals surface area contributed by atoms with E-state index >= 15 is 0 Å². The maximum Gasteiger partial charge on any atom is 0.249 e. The second-order valence-electron chi connectivity index (χ2n) is 7.79. The lowest BCUT2D eigenvalue weighted by Gasteiger charge is -2.42. The van der Waals surface area contributed by atoms with E-state index in [-0.39, 0.29) is 29.5 Å². The molecule has 3 aromatic rings. The fourth-order valence-corrected chi connectivity index (χ4v) is 3.94. The zero-order chi connectivity index (χ0) is 22.3. The summed E-state index contributed by atoms with van der Waals surface area (Å²) in [4.78, 5) is 24.9. The maximum atomic E-state index is 14.1. The molecule has 1 amide bonds. The highest BCUT2D eigenvalue weighted by molar-refractivity contribution is 6.05. The van der Waals surface area contributed by atoms with E-state index in [9.17, 15) is 13.6 Å². The lowest BCUT2D eigenvalue weighted by Crippen LogP contribution is -2.53. The first-order valence-electron chi connectivity index (χ1n) is 10.0. The Bertz CT molecular complexity index is 1150. The number of amides is 1. The summed E-state index contributed by atoms with van der Waals surface area (Å²) in [6, 6.07) is 10.4. The van der Waals surface area contributed by atoms with E-state index in [2.05, 4.69) is 20.2 Å². The summed E-state index contributed by atoms with van der Waals surface area (Å²) in [6.45, 7) is 5.98. The third-order valence-corrected chi connectivity index (χ3v) is 5.40. The molecule has 2 heterocycles. The van der Waals surface area contributed by atoms with Crippen molar-refractivity contribution in [2.24, 2.45) is 0 Å². The van der Waals surface area contributed by atoms with Gasteiger partial charge in [0, 0.05) is 36.6 Å². The van der Waals surface area contributed by atoms with Gasteiger partial charge in [-0.15, -0.1) is 0 Å². The number of hydrogen-bond acceptors (Lipinski definition) is 5. The molecule has 1 aliphatic heterocycles. The molecule has 1 N–H and O–H groups in total. The number of nitrogens with zero attached hydrogens (tertiary/aromatic N) is 4. The van der Waals surface area contributed by atoms with Gasteiger partial charge in [0.05, 0.1) is 17.1 Å². The Morgan fingerprint density at radius 3 is 2.55 bits per heavy atom. The lowest BCUT2D eigenvalue weighted by molar-refractivity contribution is -0.119. The number of anilines is 4. The van der Waals surface area contributed by atoms with Gasteiger partial charge >= 0.3 is 0 Å². The Morgan fingerprint density at radius 2 is 1.84 bits per heavy atom. The second kappa shape index (κ2) is 7.94. The maximum absolute atomic E-state index is 14.1. The van der Waals surface area contributed by atoms with Gasteiger partial charge in [0.1, 0.15) is 17.7 Å². The molecule has 4 rings (SSSR count). The second-order valence-corrected chi connectivity index (χ2v) is 7.79. The summed E-state index contributed by atoms with van der Waals surface area (Å²) in [7, 11) is 1.77. The first kappa shape index (κ1) is 20.7. The van der Waals surface area contributed by atoms with Crippen LogP contribution in [0.3, 0.4) is 0 Å². The van der Waals surface area contributed by atoms with Crippen molar-refractivity contribution >= 4 is 28.9 Å². The van der Waals surface area contributed by atoms with Gasteiger partial charge in [0.2, 0.25) is 11.9 Å². The highest BCUT2D eigenvalue weighted by Crippen LogP contribution is 2.39. The van der Waals surface area contributed by atoms with Gasteiger partial charge in [0.15, 0.2) is 0 Å². The van der Waals surface area contributed by atoms with Gasteiger partial charge in [-0.2, -0.15) is 0 Å². The van der Waals surface area contributed by atoms with Crippen molar-refractivity contribution in [3.63, 3.8) is 0 Å². The molecule has 0 saturated carbocycles. The zero-order valence-electron chi connectivity index (χ0n) is 17.7. The number of rotatable bonds is 4. The largest absolute Gasteiger partial charge is 0.356 e. The number of carbonyl (C=O) groups is 1. The van der Waals surface area contributed by atoms with Crippen LogP contribution in [0, 0.1) is 11.6 Å². The molecule has 8 heteroatoms. The number of hydrogen-bond donors (Lipinski definition) is 1. The molecule has 1 aliphatic rings. The molecule has 0 unspecified atom stereocenters. The van der Waals surface area contributed by atoms with E-state index in [1.54, 1.807) is 18.0 Å². The summed E-state index contributed by atoms with van der Waals surface area (Å²) in [5.41, 5.74) is 3.02. The summed E-state index contributed by atoms with van der Waals surface area (Å²) in [5, 5.41) is 3.15. The van der Waals surface area contributed by atoms with Crippen molar-refractivity contribution in [2.45, 2.75) is 32.9 Å². The number of nitrogens with one attached hydrogen (secondary N) is 1. The van der Waals surface area contributed by atoms with Gasteiger partial charge in [-0.1, -0.05) is 0 Å². The Balaban J connectivity index is 1.68. The normalized spacial score (nSPS) is 16.0. The Morgan fingerprint density at radius 1 is 1.06 bits per heavy atom. The lowest BCUT2D eigenvalue weighted by atomic mass is 10.0. The van der Waals surface area contributed by atoms with E-state index in [1.807, 2.05) is 39.0 Å². The van der Waals surface area contributed by atoms with E-state index < -0.39 is 11.6 Å². The molecular formula is C23H23F2N5O. The van der Waals surface area contributed by atoms with Crippen molar-refractivity contribution < 1.29 is 13.6 Å². The summed E-state index contributed by atoms with van der Waals surface area (Å²) in [6.07, 6.45) is 1.51. The van der Waals surface area contributed by atoms with E-state index in [1.165, 1.54) is 18.3 Å². The van der Waals surface area contributed by atoms with Gasteiger partial charge in [-0.25, -0.2) is 18.7 Å². The Kier molecular flexibility index (Phi) is 5.31. The number of halogens is 2. The van der Waals surface area contributed by atoms with Crippen LogP contribution in [0.5, 0.6) is 0 Å². The molecule has 2 aromatic carbocycles. The van der Waals surface area contributed by atoms with Crippen LogP contribution in [0.25, 0.3) is 11.3 Å². The van der Waals surface area contributed by atoms with Crippen LogP contribution in [-0.2, 0) is 4.79 Å². The third kappa shape index (κ3) is 3.81. The van der Waals surface area contributed by atoms with Crippen LogP contribution in [0.1, 0.15) is 20.8 Å². The van der Waals surface area contributed by atoms with Crippen molar-refractivity contribution in [3.8, 4) is 11.3 Å². The van der Waals surface area contributed by atoms with Gasteiger partial charge < -0.3 is 15.1 Å². The van der Waals surface area contributed by atoms with Crippen LogP contribution < -0.4 is 15.1 Å². The molecule has 0 bridgehead atoms. The highest BCUT2D eigenvalue weighted by Gasteiger charge is 2.34. The first-order chi connectivity index (χ1) is 14.8. The number of benzene rings is 2. The number of likely N-dealkylation sites (N-methyl/N-ethyl adjacent to an activating group) is 1.